The van der Waals surface area contributed by atoms with Crippen LogP contribution in [0.2, 0.25) is 35.2 Å². The van der Waals surface area contributed by atoms with Crippen molar-refractivity contribution in [1.82, 2.24) is 0 Å². The largest absolute Gasteiger partial charge is 0.379 e. The molecule has 0 saturated carbocycles. The van der Waals surface area contributed by atoms with E-state index in [1.807, 2.05) is 30.3 Å². The minimum absolute atomic E-state index is 0.114. The van der Waals surface area contributed by atoms with E-state index in [1.54, 1.807) is 140 Å². The third kappa shape index (κ3) is 26.0. The summed E-state index contributed by atoms with van der Waals surface area (Å²) in [5.74, 6) is 0. The lowest BCUT2D eigenvalue weighted by atomic mass is 10.2. The van der Waals surface area contributed by atoms with Gasteiger partial charge >= 0.3 is 0 Å². The molecular weight excluding hydrogens is 1190 g/mol. The Kier molecular flexibility index (Phi) is 27.0. The van der Waals surface area contributed by atoms with Gasteiger partial charge in [-0.25, -0.2) is 25.3 Å². The molecule has 0 amide bonds. The smallest absolute Gasteiger partial charge is 0.257 e. The third-order valence-corrected chi connectivity index (χ3v) is 14.7. The molecule has 7 aromatic rings. The minimum atomic E-state index is -3.81. The zero-order valence-electron chi connectivity index (χ0n) is 40.4. The lowest BCUT2D eigenvalue weighted by molar-refractivity contribution is 0.125. The van der Waals surface area contributed by atoms with Crippen LogP contribution < -0.4 is 9.03 Å². The maximum absolute atomic E-state index is 13.1. The average Bonchev–Trinajstić information content (AvgIpc) is 3.85. The van der Waals surface area contributed by atoms with Gasteiger partial charge in [-0.1, -0.05) is 167 Å². The van der Waals surface area contributed by atoms with Gasteiger partial charge in [0.2, 0.25) is 0 Å². The Morgan fingerprint density at radius 1 is 0.539 bits per heavy atom. The molecule has 9 nitrogen and oxygen atoms in total. The first kappa shape index (κ1) is 63.8. The second-order valence-corrected chi connectivity index (χ2v) is 24.8. The van der Waals surface area contributed by atoms with E-state index in [2.05, 4.69) is 18.2 Å². The molecule has 1 N–H and O–H groups in total. The lowest BCUT2D eigenvalue weighted by Crippen LogP contribution is -2.28. The normalized spacial score (nSPS) is 13.2. The van der Waals surface area contributed by atoms with Gasteiger partial charge in [-0.2, -0.15) is 0 Å². The molecule has 7 aromatic carbocycles. The molecule has 1 aliphatic heterocycles. The first-order valence-electron chi connectivity index (χ1n) is 22.5. The highest BCUT2D eigenvalue weighted by Crippen LogP contribution is 2.27. The molecule has 76 heavy (non-hydrogen) atoms. The van der Waals surface area contributed by atoms with Crippen LogP contribution in [0.15, 0.2) is 193 Å². The van der Waals surface area contributed by atoms with Crippen LogP contribution in [0, 0.1) is 0 Å². The quantitative estimate of drug-likeness (QED) is 0.114. The maximum Gasteiger partial charge on any atom is 0.257 e. The Labute approximate surface area is 486 Å². The maximum atomic E-state index is 13.1. The van der Waals surface area contributed by atoms with Crippen LogP contribution in [0.1, 0.15) is 47.6 Å². The molecule has 1 unspecified atom stereocenters. The SMILES string of the molecule is C=Cc1cccc(Cl)c1.CC1CCCO1.O=S(=O)(/C=C/c1cccc(Cl)c1)N(Cc1cccc(Cl)c1)c1cccc(Cl)c1.O=S(=O)(/C=C/c1cccc(Cl)c1)Nc1cccc(Cl)c1.O=S(=O)(Cl)/C=C/c1cccc(Cl)c1. The second-order valence-electron chi connectivity index (χ2n) is 16.0. The number of hydrogen-bond acceptors (Lipinski definition) is 7. The highest BCUT2D eigenvalue weighted by molar-refractivity contribution is 8.16. The average molecular weight is 1240 g/mol. The number of halogens is 8. The van der Waals surface area contributed by atoms with Gasteiger partial charge in [0.25, 0.3) is 29.1 Å². The summed E-state index contributed by atoms with van der Waals surface area (Å²) in [6, 6.07) is 48.5. The first-order chi connectivity index (χ1) is 36.0. The summed E-state index contributed by atoms with van der Waals surface area (Å²) in [5.41, 5.74) is 4.77. The fourth-order valence-electron chi connectivity index (χ4n) is 6.28. The van der Waals surface area contributed by atoms with Crippen molar-refractivity contribution in [1.29, 1.82) is 0 Å². The van der Waals surface area contributed by atoms with Gasteiger partial charge in [-0.05, 0) is 163 Å². The van der Waals surface area contributed by atoms with Crippen LogP contribution in [0.4, 0.5) is 11.4 Å². The van der Waals surface area contributed by atoms with Gasteiger partial charge in [-0.3, -0.25) is 9.03 Å². The lowest BCUT2D eigenvalue weighted by Gasteiger charge is -2.23. The Balaban J connectivity index is 0.000000225. The summed E-state index contributed by atoms with van der Waals surface area (Å²) in [4.78, 5) is 0. The van der Waals surface area contributed by atoms with Gasteiger partial charge < -0.3 is 4.74 Å². The van der Waals surface area contributed by atoms with E-state index in [0.717, 1.165) is 39.0 Å². The van der Waals surface area contributed by atoms with Gasteiger partial charge in [0, 0.05) is 57.9 Å². The monoisotopic (exact) mass is 1240 g/mol. The molecule has 8 rings (SSSR count). The zero-order valence-corrected chi connectivity index (χ0v) is 48.9. The van der Waals surface area contributed by atoms with Gasteiger partial charge in [-0.15, -0.1) is 0 Å². The van der Waals surface area contributed by atoms with Crippen molar-refractivity contribution >= 4 is 157 Å². The second kappa shape index (κ2) is 32.2. The van der Waals surface area contributed by atoms with Crippen LogP contribution in [-0.2, 0) is 40.4 Å². The third-order valence-electron chi connectivity index (χ3n) is 9.79. The van der Waals surface area contributed by atoms with Crippen LogP contribution in [0.25, 0.3) is 24.3 Å². The number of ether oxygens (including phenoxy) is 1. The molecular formula is C56H50Cl8N2O7S3. The molecule has 0 spiro atoms. The van der Waals surface area contributed by atoms with Crippen LogP contribution in [0.5, 0.6) is 0 Å². The van der Waals surface area contributed by atoms with Crippen molar-refractivity contribution in [2.24, 2.45) is 0 Å². The molecule has 20 heteroatoms. The van der Waals surface area contributed by atoms with E-state index in [9.17, 15) is 25.3 Å². The summed E-state index contributed by atoms with van der Waals surface area (Å²) < 4.78 is 79.9. The summed E-state index contributed by atoms with van der Waals surface area (Å²) in [6.07, 6.45) is 9.21. The van der Waals surface area contributed by atoms with Crippen molar-refractivity contribution in [2.75, 3.05) is 15.6 Å². The number of anilines is 2. The van der Waals surface area contributed by atoms with E-state index < -0.39 is 29.1 Å². The topological polar surface area (TPSA) is 127 Å². The Morgan fingerprint density at radius 3 is 1.37 bits per heavy atom. The van der Waals surface area contributed by atoms with Gasteiger partial charge in [0.05, 0.1) is 34.8 Å². The highest BCUT2D eigenvalue weighted by atomic mass is 35.7. The molecule has 1 atom stereocenters. The highest BCUT2D eigenvalue weighted by Gasteiger charge is 2.21. The van der Waals surface area contributed by atoms with E-state index in [0.29, 0.717) is 64.3 Å². The molecule has 0 radical (unpaired) electrons. The summed E-state index contributed by atoms with van der Waals surface area (Å²) in [5, 5.41) is 6.99. The van der Waals surface area contributed by atoms with E-state index in [-0.39, 0.29) is 6.54 Å². The number of nitrogens with one attached hydrogen (secondary N) is 1. The van der Waals surface area contributed by atoms with E-state index in [4.69, 9.17) is 96.6 Å². The summed E-state index contributed by atoms with van der Waals surface area (Å²) in [6.45, 7) is 6.83. The molecule has 1 saturated heterocycles. The molecule has 0 aromatic heterocycles. The van der Waals surface area contributed by atoms with E-state index in [1.165, 1.54) is 41.4 Å². The predicted molar refractivity (Wildman–Crippen MR) is 324 cm³/mol. The van der Waals surface area contributed by atoms with E-state index >= 15 is 0 Å². The van der Waals surface area contributed by atoms with Crippen LogP contribution in [-0.4, -0.2) is 38.0 Å². The molecule has 0 aliphatic carbocycles. The zero-order chi connectivity index (χ0) is 55.7. The summed E-state index contributed by atoms with van der Waals surface area (Å²) >= 11 is 41.1. The van der Waals surface area contributed by atoms with Crippen molar-refractivity contribution in [3.8, 4) is 0 Å². The standard InChI is InChI=1S/C21H16Cl3NO2S.C14H11Cl2NO2S.C8H6Cl2O2S.C8H7Cl.C5H10O/c22-18-6-1-4-16(12-18)10-11-28(26,27)25(21-9-3-8-20(24)14-21)15-17-5-2-7-19(23)13-17;15-12-4-1-3-11(9-12)7-8-20(18,19)17-14-6-2-5-13(16)10-14;9-8-3-1-2-7(6-8)4-5-13(10,11)12;1-2-7-4-3-5-8(9)6-7;1-5-3-2-4-6-5/h1-14H,15H2;1-10,17H;1-6H;2-6H,1H2;5H,2-4H2,1H3/b11-10+;8-7+;5-4+;;. The molecule has 1 aliphatic rings. The fraction of sp³-hybridized carbons (Fsp3) is 0.107. The van der Waals surface area contributed by atoms with Crippen LogP contribution >= 0.6 is 91.9 Å². The minimum Gasteiger partial charge on any atom is -0.379 e. The van der Waals surface area contributed by atoms with Gasteiger partial charge in [0.1, 0.15) is 0 Å². The predicted octanol–water partition coefficient (Wildman–Crippen LogP) is 18.1. The van der Waals surface area contributed by atoms with Crippen molar-refractivity contribution in [2.45, 2.75) is 32.4 Å². The Bertz CT molecular complexity index is 3450. The van der Waals surface area contributed by atoms with Crippen molar-refractivity contribution in [3.05, 3.63) is 256 Å². The number of benzene rings is 7. The van der Waals surface area contributed by atoms with Gasteiger partial charge in [0.15, 0.2) is 0 Å². The van der Waals surface area contributed by atoms with Crippen molar-refractivity contribution in [3.63, 3.8) is 0 Å². The summed E-state index contributed by atoms with van der Waals surface area (Å²) in [7, 11) is -6.01. The Morgan fingerprint density at radius 2 is 0.961 bits per heavy atom. The molecule has 1 heterocycles. The molecule has 0 bridgehead atoms. The first-order valence-corrected chi connectivity index (χ1v) is 30.6. The Hall–Kier alpha value is -4.77. The van der Waals surface area contributed by atoms with Crippen LogP contribution in [0.3, 0.4) is 0 Å². The fourth-order valence-corrected chi connectivity index (χ4v) is 10.2. The number of sulfonamides is 2. The molecule has 1 fully saturated rings. The number of hydrogen-bond donors (Lipinski definition) is 1. The van der Waals surface area contributed by atoms with Crippen molar-refractivity contribution < 1.29 is 30.0 Å². The molecule has 400 valence electrons. The number of rotatable bonds is 13. The number of nitrogens with zero attached hydrogens (tertiary/aromatic N) is 1.